The van der Waals surface area contributed by atoms with Gasteiger partial charge in [-0.25, -0.2) is 9.18 Å². The predicted molar refractivity (Wildman–Crippen MR) is 105 cm³/mol. The second-order valence-electron chi connectivity index (χ2n) is 7.96. The van der Waals surface area contributed by atoms with Crippen LogP contribution in [0.2, 0.25) is 0 Å². The molecule has 7 nitrogen and oxygen atoms in total. The first-order chi connectivity index (χ1) is 14.4. The van der Waals surface area contributed by atoms with Crippen molar-refractivity contribution in [1.82, 2.24) is 10.2 Å². The second kappa shape index (κ2) is 6.46. The molecule has 1 saturated carbocycles. The van der Waals surface area contributed by atoms with E-state index in [4.69, 9.17) is 10.00 Å². The fourth-order valence-corrected chi connectivity index (χ4v) is 4.63. The highest BCUT2D eigenvalue weighted by Gasteiger charge is 2.56. The van der Waals surface area contributed by atoms with E-state index in [1.165, 1.54) is 6.07 Å². The molecule has 0 unspecified atom stereocenters. The first-order valence-corrected chi connectivity index (χ1v) is 9.77. The molecular weight excluding hydrogens is 387 g/mol. The number of aryl methyl sites for hydroxylation is 1. The zero-order valence-corrected chi connectivity index (χ0v) is 16.3. The highest BCUT2D eigenvalue weighted by Crippen LogP contribution is 2.56. The van der Waals surface area contributed by atoms with Crippen molar-refractivity contribution in [2.45, 2.75) is 31.3 Å². The third-order valence-electron chi connectivity index (χ3n) is 6.08. The number of amides is 3. The second-order valence-corrected chi connectivity index (χ2v) is 7.96. The van der Waals surface area contributed by atoms with Gasteiger partial charge >= 0.3 is 6.03 Å². The molecule has 30 heavy (non-hydrogen) atoms. The maximum absolute atomic E-state index is 14.4. The van der Waals surface area contributed by atoms with Crippen LogP contribution in [0, 0.1) is 24.1 Å². The molecule has 0 radical (unpaired) electrons. The Hall–Kier alpha value is -3.60. The molecule has 152 valence electrons. The van der Waals surface area contributed by atoms with Gasteiger partial charge in [-0.1, -0.05) is 12.1 Å². The van der Waals surface area contributed by atoms with Crippen molar-refractivity contribution in [2.24, 2.45) is 0 Å². The number of halogens is 1. The van der Waals surface area contributed by atoms with Gasteiger partial charge in [0.1, 0.15) is 24.7 Å². The maximum atomic E-state index is 14.4. The van der Waals surface area contributed by atoms with Gasteiger partial charge in [0.15, 0.2) is 0 Å². The number of anilines is 1. The summed E-state index contributed by atoms with van der Waals surface area (Å²) in [6.45, 7) is 1.94. The van der Waals surface area contributed by atoms with Crippen LogP contribution in [0.15, 0.2) is 30.3 Å². The van der Waals surface area contributed by atoms with Gasteiger partial charge in [0.05, 0.1) is 28.8 Å². The van der Waals surface area contributed by atoms with E-state index in [2.05, 4.69) is 10.6 Å². The van der Waals surface area contributed by atoms with Crippen molar-refractivity contribution >= 4 is 17.6 Å². The molecule has 0 saturated heterocycles. The molecule has 1 fully saturated rings. The number of nitrogens with one attached hydrogen (secondary N) is 2. The van der Waals surface area contributed by atoms with Crippen LogP contribution >= 0.6 is 0 Å². The topological polar surface area (TPSA) is 94.5 Å². The number of hydrogen-bond donors (Lipinski definition) is 2. The van der Waals surface area contributed by atoms with Crippen LogP contribution in [-0.4, -0.2) is 30.0 Å². The Morgan fingerprint density at radius 3 is 2.97 bits per heavy atom. The van der Waals surface area contributed by atoms with Crippen LogP contribution < -0.4 is 15.4 Å². The number of nitriles is 1. The number of fused-ring (bicyclic) bond motifs is 3. The summed E-state index contributed by atoms with van der Waals surface area (Å²) >= 11 is 0. The molecule has 2 aliphatic heterocycles. The first-order valence-electron chi connectivity index (χ1n) is 9.77. The average Bonchev–Trinajstić information content (AvgIpc) is 3.38. The zero-order chi connectivity index (χ0) is 21.0. The number of hydrogen-bond acceptors (Lipinski definition) is 4. The standard InChI is InChI=1S/C22H19FN4O3/c1-12-3-2-4-15-20(12)22(5-6-22)27(21(29)26-15)10-18(28)25-16-11-30-17-8-13(9-24)7-14(23)19(16)17/h2-4,7-8,16H,5-6,10-11H2,1H3,(H,25,28)(H,26,29)/t16-/m0/s1. The smallest absolute Gasteiger partial charge is 0.323 e. The molecule has 0 bridgehead atoms. The molecule has 1 spiro atoms. The Balaban J connectivity index is 1.36. The maximum Gasteiger partial charge on any atom is 0.323 e. The van der Waals surface area contributed by atoms with Crippen LogP contribution in [0.1, 0.15) is 41.1 Å². The number of rotatable bonds is 3. The van der Waals surface area contributed by atoms with E-state index in [0.717, 1.165) is 35.7 Å². The van der Waals surface area contributed by atoms with Crippen molar-refractivity contribution in [3.63, 3.8) is 0 Å². The van der Waals surface area contributed by atoms with Crippen molar-refractivity contribution in [2.75, 3.05) is 18.5 Å². The molecule has 1 atom stereocenters. The molecule has 0 aromatic heterocycles. The summed E-state index contributed by atoms with van der Waals surface area (Å²) in [5.41, 5.74) is 2.85. The zero-order valence-electron chi connectivity index (χ0n) is 16.3. The molecule has 5 rings (SSSR count). The highest BCUT2D eigenvalue weighted by molar-refractivity contribution is 5.97. The van der Waals surface area contributed by atoms with E-state index in [9.17, 15) is 14.0 Å². The van der Waals surface area contributed by atoms with Crippen molar-refractivity contribution in [3.05, 3.63) is 58.4 Å². The molecule has 2 aromatic carbocycles. The van der Waals surface area contributed by atoms with Gasteiger partial charge in [0, 0.05) is 11.3 Å². The summed E-state index contributed by atoms with van der Waals surface area (Å²) in [5, 5.41) is 14.6. The highest BCUT2D eigenvalue weighted by atomic mass is 19.1. The number of carbonyl (C=O) groups is 2. The molecule has 2 aromatic rings. The van der Waals surface area contributed by atoms with Crippen molar-refractivity contribution < 1.29 is 18.7 Å². The lowest BCUT2D eigenvalue weighted by Crippen LogP contribution is -2.52. The lowest BCUT2D eigenvalue weighted by Gasteiger charge is -2.38. The Labute approximate surface area is 172 Å². The summed E-state index contributed by atoms with van der Waals surface area (Å²) in [4.78, 5) is 27.1. The molecule has 2 heterocycles. The Morgan fingerprint density at radius 2 is 2.23 bits per heavy atom. The summed E-state index contributed by atoms with van der Waals surface area (Å²) in [7, 11) is 0. The summed E-state index contributed by atoms with van der Waals surface area (Å²) in [5.74, 6) is -0.722. The monoisotopic (exact) mass is 406 g/mol. The average molecular weight is 406 g/mol. The summed E-state index contributed by atoms with van der Waals surface area (Å²) in [6, 6.07) is 9.27. The lowest BCUT2D eigenvalue weighted by atomic mass is 9.93. The van der Waals surface area contributed by atoms with Crippen molar-refractivity contribution in [1.29, 1.82) is 5.26 Å². The normalized spacial score (nSPS) is 20.0. The van der Waals surface area contributed by atoms with E-state index in [1.54, 1.807) is 4.90 Å². The summed E-state index contributed by atoms with van der Waals surface area (Å²) in [6.07, 6.45) is 1.60. The quantitative estimate of drug-likeness (QED) is 0.819. The summed E-state index contributed by atoms with van der Waals surface area (Å²) < 4.78 is 19.9. The Morgan fingerprint density at radius 1 is 1.43 bits per heavy atom. The fourth-order valence-electron chi connectivity index (χ4n) is 4.63. The van der Waals surface area contributed by atoms with Crippen LogP contribution in [0.25, 0.3) is 0 Å². The SMILES string of the molecule is Cc1cccc2c1C1(CC1)N(CC(=O)N[C@H]1COc3cc(C#N)cc(F)c31)C(=O)N2. The van der Waals surface area contributed by atoms with Crippen molar-refractivity contribution in [3.8, 4) is 11.8 Å². The minimum atomic E-state index is -0.669. The minimum absolute atomic E-state index is 0.0756. The molecule has 1 aliphatic carbocycles. The van der Waals surface area contributed by atoms with E-state index in [0.29, 0.717) is 0 Å². The fraction of sp³-hybridized carbons (Fsp3) is 0.318. The molecule has 8 heteroatoms. The van der Waals surface area contributed by atoms with Gasteiger partial charge in [-0.05, 0) is 43.5 Å². The third kappa shape index (κ3) is 2.70. The molecular formula is C22H19FN4O3. The number of benzene rings is 2. The molecule has 3 amide bonds. The van der Waals surface area contributed by atoms with E-state index in [-0.39, 0.29) is 36.1 Å². The number of ether oxygens (including phenoxy) is 1. The minimum Gasteiger partial charge on any atom is -0.491 e. The number of nitrogens with zero attached hydrogens (tertiary/aromatic N) is 2. The van der Waals surface area contributed by atoms with Gasteiger partial charge in [0.25, 0.3) is 0 Å². The van der Waals surface area contributed by atoms with Gasteiger partial charge in [0.2, 0.25) is 5.91 Å². The van der Waals surface area contributed by atoms with Crippen LogP contribution in [0.5, 0.6) is 5.75 Å². The Kier molecular flexibility index (Phi) is 3.97. The Bertz CT molecular complexity index is 1140. The van der Waals surface area contributed by atoms with Gasteiger partial charge in [-0.2, -0.15) is 5.26 Å². The van der Waals surface area contributed by atoms with Crippen LogP contribution in [-0.2, 0) is 10.3 Å². The van der Waals surface area contributed by atoms with E-state index in [1.807, 2.05) is 31.2 Å². The van der Waals surface area contributed by atoms with Crippen LogP contribution in [0.3, 0.4) is 0 Å². The lowest BCUT2D eigenvalue weighted by molar-refractivity contribution is -0.123. The molecule has 2 N–H and O–H groups in total. The third-order valence-corrected chi connectivity index (χ3v) is 6.08. The van der Waals surface area contributed by atoms with Crippen LogP contribution in [0.4, 0.5) is 14.9 Å². The molecule has 3 aliphatic rings. The van der Waals surface area contributed by atoms with E-state index < -0.39 is 23.3 Å². The number of urea groups is 1. The van der Waals surface area contributed by atoms with E-state index >= 15 is 0 Å². The van der Waals surface area contributed by atoms with Gasteiger partial charge in [-0.15, -0.1) is 0 Å². The number of carbonyl (C=O) groups excluding carboxylic acids is 2. The predicted octanol–water partition coefficient (Wildman–Crippen LogP) is 3.09. The van der Waals surface area contributed by atoms with Gasteiger partial charge < -0.3 is 20.3 Å². The largest absolute Gasteiger partial charge is 0.491 e. The first kappa shape index (κ1) is 18.4. The van der Waals surface area contributed by atoms with Gasteiger partial charge in [-0.3, -0.25) is 4.79 Å².